The number of carbonyl (C=O) groups is 1. The Morgan fingerprint density at radius 3 is 2.72 bits per heavy atom. The van der Waals surface area contributed by atoms with Gasteiger partial charge in [0.25, 0.3) is 0 Å². The number of carbonyl (C=O) groups excluding carboxylic acids is 1. The molecule has 1 amide bonds. The van der Waals surface area contributed by atoms with Gasteiger partial charge in [-0.1, -0.05) is 66.0 Å². The summed E-state index contributed by atoms with van der Waals surface area (Å²) in [5.74, 6) is 0.364. The van der Waals surface area contributed by atoms with Crippen LogP contribution < -0.4 is 0 Å². The second-order valence-corrected chi connectivity index (χ2v) is 8.55. The molecule has 4 nitrogen and oxygen atoms in total. The summed E-state index contributed by atoms with van der Waals surface area (Å²) in [7, 11) is 0. The minimum atomic E-state index is -0.117. The van der Waals surface area contributed by atoms with Crippen molar-refractivity contribution in [2.75, 3.05) is 6.54 Å². The van der Waals surface area contributed by atoms with Crippen molar-refractivity contribution in [2.45, 2.75) is 51.7 Å². The summed E-state index contributed by atoms with van der Waals surface area (Å²) < 4.78 is 0. The maximum absolute atomic E-state index is 13.2. The van der Waals surface area contributed by atoms with Gasteiger partial charge in [-0.3, -0.25) is 4.79 Å². The lowest BCUT2D eigenvalue weighted by atomic mass is 9.99. The highest BCUT2D eigenvalue weighted by Gasteiger charge is 2.31. The molecule has 0 unspecified atom stereocenters. The highest BCUT2D eigenvalue weighted by molar-refractivity contribution is 6.30. The first-order chi connectivity index (χ1) is 14.1. The van der Waals surface area contributed by atoms with Gasteiger partial charge < -0.3 is 9.74 Å². The number of rotatable bonds is 6. The monoisotopic (exact) mass is 410 g/mol. The maximum atomic E-state index is 13.2. The second-order valence-electron chi connectivity index (χ2n) is 8.11. The van der Waals surface area contributed by atoms with Crippen molar-refractivity contribution in [2.24, 2.45) is 11.1 Å². The molecule has 0 bridgehead atoms. The molecule has 1 heterocycles. The summed E-state index contributed by atoms with van der Waals surface area (Å²) in [6, 6.07) is 15.9. The molecule has 1 saturated carbocycles. The van der Waals surface area contributed by atoms with Gasteiger partial charge in [-0.05, 0) is 43.0 Å². The average molecular weight is 411 g/mol. The summed E-state index contributed by atoms with van der Waals surface area (Å²) in [6.45, 7) is 3.18. The SMILES string of the molecule is Cc1ccccc1C1=NO[C@@H](CN(Cc2cccc(Cl)c2)C(=O)C2CCCC2)C1. The second kappa shape index (κ2) is 9.00. The first-order valence-electron chi connectivity index (χ1n) is 10.4. The zero-order valence-electron chi connectivity index (χ0n) is 16.8. The van der Waals surface area contributed by atoms with Gasteiger partial charge in [0.15, 0.2) is 6.10 Å². The lowest BCUT2D eigenvalue weighted by molar-refractivity contribution is -0.137. The molecule has 152 valence electrons. The van der Waals surface area contributed by atoms with Crippen LogP contribution in [-0.2, 0) is 16.2 Å². The summed E-state index contributed by atoms with van der Waals surface area (Å²) in [5, 5.41) is 5.03. The van der Waals surface area contributed by atoms with Crippen molar-refractivity contribution in [3.8, 4) is 0 Å². The predicted octanol–water partition coefficient (Wildman–Crippen LogP) is 5.36. The van der Waals surface area contributed by atoms with E-state index in [1.54, 1.807) is 0 Å². The van der Waals surface area contributed by atoms with E-state index < -0.39 is 0 Å². The van der Waals surface area contributed by atoms with Gasteiger partial charge in [0.2, 0.25) is 5.91 Å². The number of hydrogen-bond donors (Lipinski definition) is 0. The van der Waals surface area contributed by atoms with E-state index in [9.17, 15) is 4.79 Å². The fraction of sp³-hybridized carbons (Fsp3) is 0.417. The van der Waals surface area contributed by atoms with Gasteiger partial charge in [0, 0.05) is 29.5 Å². The summed E-state index contributed by atoms with van der Waals surface area (Å²) in [6.07, 6.45) is 4.86. The van der Waals surface area contributed by atoms with Crippen LogP contribution in [-0.4, -0.2) is 29.2 Å². The van der Waals surface area contributed by atoms with Gasteiger partial charge >= 0.3 is 0 Å². The Labute approximate surface area is 177 Å². The molecule has 0 radical (unpaired) electrons. The Bertz CT molecular complexity index is 905. The van der Waals surface area contributed by atoms with Crippen LogP contribution in [0.3, 0.4) is 0 Å². The van der Waals surface area contributed by atoms with E-state index in [0.29, 0.717) is 18.1 Å². The average Bonchev–Trinajstić information content (AvgIpc) is 3.40. The molecule has 1 atom stereocenters. The van der Waals surface area contributed by atoms with Crippen LogP contribution in [0.4, 0.5) is 0 Å². The first-order valence-corrected chi connectivity index (χ1v) is 10.8. The molecule has 2 aliphatic rings. The fourth-order valence-corrected chi connectivity index (χ4v) is 4.56. The van der Waals surface area contributed by atoms with E-state index in [0.717, 1.165) is 48.9 Å². The lowest BCUT2D eigenvalue weighted by Crippen LogP contribution is -2.40. The van der Waals surface area contributed by atoms with E-state index in [2.05, 4.69) is 24.2 Å². The zero-order chi connectivity index (χ0) is 20.2. The van der Waals surface area contributed by atoms with Crippen LogP contribution in [0.5, 0.6) is 0 Å². The van der Waals surface area contributed by atoms with Gasteiger partial charge in [-0.25, -0.2) is 0 Å². The molecule has 1 fully saturated rings. The molecule has 2 aromatic rings. The molecular formula is C24H27ClN2O2. The Kier molecular flexibility index (Phi) is 6.19. The number of amides is 1. The molecule has 1 aliphatic carbocycles. The molecule has 29 heavy (non-hydrogen) atoms. The number of halogens is 1. The third-order valence-corrected chi connectivity index (χ3v) is 6.13. The molecule has 4 rings (SSSR count). The summed E-state index contributed by atoms with van der Waals surface area (Å²) >= 11 is 6.16. The summed E-state index contributed by atoms with van der Waals surface area (Å²) in [5.41, 5.74) is 4.32. The van der Waals surface area contributed by atoms with Crippen LogP contribution in [0.1, 0.15) is 48.8 Å². The Balaban J connectivity index is 1.47. The van der Waals surface area contributed by atoms with Gasteiger partial charge in [0.05, 0.1) is 12.3 Å². The normalized spacial score (nSPS) is 19.1. The molecule has 2 aromatic carbocycles. The lowest BCUT2D eigenvalue weighted by Gasteiger charge is -2.27. The summed E-state index contributed by atoms with van der Waals surface area (Å²) in [4.78, 5) is 20.9. The number of nitrogens with zero attached hydrogens (tertiary/aromatic N) is 2. The minimum absolute atomic E-state index is 0.117. The van der Waals surface area contributed by atoms with Gasteiger partial charge in [-0.15, -0.1) is 0 Å². The minimum Gasteiger partial charge on any atom is -0.390 e. The number of aryl methyl sites for hydroxylation is 1. The third kappa shape index (κ3) is 4.81. The van der Waals surface area contributed by atoms with E-state index >= 15 is 0 Å². The van der Waals surface area contributed by atoms with Crippen molar-refractivity contribution in [1.82, 2.24) is 4.90 Å². The smallest absolute Gasteiger partial charge is 0.226 e. The van der Waals surface area contributed by atoms with Gasteiger partial charge in [0.1, 0.15) is 0 Å². The van der Waals surface area contributed by atoms with Crippen LogP contribution in [0, 0.1) is 12.8 Å². The van der Waals surface area contributed by atoms with E-state index in [1.165, 1.54) is 5.56 Å². The molecule has 0 spiro atoms. The quantitative estimate of drug-likeness (QED) is 0.643. The number of hydrogen-bond acceptors (Lipinski definition) is 3. The van der Waals surface area contributed by atoms with E-state index in [-0.39, 0.29) is 17.9 Å². The molecule has 5 heteroatoms. The molecular weight excluding hydrogens is 384 g/mol. The Morgan fingerprint density at radius 1 is 1.17 bits per heavy atom. The van der Waals surface area contributed by atoms with E-state index in [4.69, 9.17) is 16.4 Å². The highest BCUT2D eigenvalue weighted by atomic mass is 35.5. The van der Waals surface area contributed by atoms with Crippen LogP contribution in [0.2, 0.25) is 5.02 Å². The molecule has 1 aliphatic heterocycles. The van der Waals surface area contributed by atoms with Crippen molar-refractivity contribution in [3.05, 3.63) is 70.2 Å². The van der Waals surface area contributed by atoms with Crippen molar-refractivity contribution in [3.63, 3.8) is 0 Å². The largest absolute Gasteiger partial charge is 0.390 e. The van der Waals surface area contributed by atoms with Gasteiger partial charge in [-0.2, -0.15) is 0 Å². The fourth-order valence-electron chi connectivity index (χ4n) is 4.35. The van der Waals surface area contributed by atoms with Crippen LogP contribution in [0.15, 0.2) is 53.7 Å². The van der Waals surface area contributed by atoms with Crippen LogP contribution in [0.25, 0.3) is 0 Å². The standard InChI is InChI=1S/C24H27ClN2O2/c1-17-7-2-5-12-22(17)23-14-21(29-26-23)16-27(24(28)19-9-3-4-10-19)15-18-8-6-11-20(25)13-18/h2,5-8,11-13,19,21H,3-4,9-10,14-16H2,1H3/t21-/m1/s1. The Hall–Kier alpha value is -2.33. The maximum Gasteiger partial charge on any atom is 0.226 e. The predicted molar refractivity (Wildman–Crippen MR) is 116 cm³/mol. The Morgan fingerprint density at radius 2 is 1.97 bits per heavy atom. The van der Waals surface area contributed by atoms with Crippen molar-refractivity contribution in [1.29, 1.82) is 0 Å². The topological polar surface area (TPSA) is 41.9 Å². The highest BCUT2D eigenvalue weighted by Crippen LogP contribution is 2.28. The molecule has 0 N–H and O–H groups in total. The zero-order valence-corrected chi connectivity index (χ0v) is 17.6. The van der Waals surface area contributed by atoms with E-state index in [1.807, 2.05) is 41.3 Å². The first kappa shape index (κ1) is 20.0. The molecule has 0 saturated heterocycles. The van der Waals surface area contributed by atoms with Crippen LogP contribution >= 0.6 is 11.6 Å². The number of benzene rings is 2. The van der Waals surface area contributed by atoms with Crippen molar-refractivity contribution < 1.29 is 9.63 Å². The molecule has 0 aromatic heterocycles. The van der Waals surface area contributed by atoms with Crippen molar-refractivity contribution >= 4 is 23.2 Å². The third-order valence-electron chi connectivity index (χ3n) is 5.89. The number of oxime groups is 1.